The van der Waals surface area contributed by atoms with Gasteiger partial charge in [0.15, 0.2) is 0 Å². The van der Waals surface area contributed by atoms with Crippen molar-refractivity contribution in [2.75, 3.05) is 0 Å². The summed E-state index contributed by atoms with van der Waals surface area (Å²) in [6.45, 7) is 0.308. The van der Waals surface area contributed by atoms with Crippen LogP contribution in [-0.4, -0.2) is 12.0 Å². The lowest BCUT2D eigenvalue weighted by atomic mass is 10.1. The Morgan fingerprint density at radius 2 is 2.17 bits per heavy atom. The Kier molecular flexibility index (Phi) is 4.20. The predicted molar refractivity (Wildman–Crippen MR) is 66.5 cm³/mol. The van der Waals surface area contributed by atoms with E-state index in [1.165, 1.54) is 0 Å². The zero-order valence-corrected chi connectivity index (χ0v) is 10.0. The third-order valence-electron chi connectivity index (χ3n) is 3.18. The van der Waals surface area contributed by atoms with Crippen LogP contribution in [0.2, 0.25) is 0 Å². The fourth-order valence-corrected chi connectivity index (χ4v) is 2.20. The highest BCUT2D eigenvalue weighted by atomic mass is 16.5. The standard InChI is InChI=1S/C13H15N3O2/c14-16-15-12-7-6-11(8-12)13(17)18-9-10-4-2-1-3-5-10/h1-5,11-12H,6-9H2/t11-,12+/m0/s1. The average molecular weight is 245 g/mol. The van der Waals surface area contributed by atoms with Gasteiger partial charge in [-0.25, -0.2) is 0 Å². The van der Waals surface area contributed by atoms with E-state index in [0.717, 1.165) is 18.4 Å². The highest BCUT2D eigenvalue weighted by molar-refractivity contribution is 5.72. The van der Waals surface area contributed by atoms with Gasteiger partial charge in [-0.3, -0.25) is 4.79 Å². The number of esters is 1. The van der Waals surface area contributed by atoms with Crippen molar-refractivity contribution in [1.29, 1.82) is 0 Å². The second kappa shape index (κ2) is 6.07. The molecule has 0 N–H and O–H groups in total. The van der Waals surface area contributed by atoms with E-state index in [1.54, 1.807) is 0 Å². The first kappa shape index (κ1) is 12.5. The highest BCUT2D eigenvalue weighted by Gasteiger charge is 2.30. The van der Waals surface area contributed by atoms with E-state index < -0.39 is 0 Å². The first-order chi connectivity index (χ1) is 8.79. The van der Waals surface area contributed by atoms with Gasteiger partial charge in [-0.1, -0.05) is 35.4 Å². The molecular weight excluding hydrogens is 230 g/mol. The molecule has 1 aromatic carbocycles. The maximum absolute atomic E-state index is 11.8. The van der Waals surface area contributed by atoms with E-state index in [-0.39, 0.29) is 17.9 Å². The van der Waals surface area contributed by atoms with Gasteiger partial charge >= 0.3 is 5.97 Å². The Bertz CT molecular complexity index is 455. The van der Waals surface area contributed by atoms with Crippen LogP contribution in [0.15, 0.2) is 35.4 Å². The minimum Gasteiger partial charge on any atom is -0.461 e. The quantitative estimate of drug-likeness (QED) is 0.353. The Balaban J connectivity index is 1.81. The zero-order chi connectivity index (χ0) is 12.8. The molecule has 0 unspecified atom stereocenters. The van der Waals surface area contributed by atoms with Crippen LogP contribution >= 0.6 is 0 Å². The molecule has 2 rings (SSSR count). The van der Waals surface area contributed by atoms with Gasteiger partial charge in [0.25, 0.3) is 0 Å². The van der Waals surface area contributed by atoms with E-state index in [0.29, 0.717) is 13.0 Å². The summed E-state index contributed by atoms with van der Waals surface area (Å²) in [5.74, 6) is -0.307. The van der Waals surface area contributed by atoms with Gasteiger partial charge in [0.05, 0.1) is 5.92 Å². The summed E-state index contributed by atoms with van der Waals surface area (Å²) in [4.78, 5) is 14.6. The van der Waals surface area contributed by atoms with E-state index in [1.807, 2.05) is 30.3 Å². The number of rotatable bonds is 4. The van der Waals surface area contributed by atoms with Gasteiger partial charge in [0.2, 0.25) is 0 Å². The molecule has 1 saturated carbocycles. The van der Waals surface area contributed by atoms with Crippen LogP contribution in [0.5, 0.6) is 0 Å². The maximum Gasteiger partial charge on any atom is 0.309 e. The van der Waals surface area contributed by atoms with Crippen molar-refractivity contribution in [3.8, 4) is 0 Å². The summed E-state index contributed by atoms with van der Waals surface area (Å²) in [5.41, 5.74) is 9.33. The third kappa shape index (κ3) is 3.25. The first-order valence-corrected chi connectivity index (χ1v) is 6.04. The molecule has 2 atom stereocenters. The second-order valence-electron chi connectivity index (χ2n) is 4.46. The van der Waals surface area contributed by atoms with E-state index in [4.69, 9.17) is 10.3 Å². The van der Waals surface area contributed by atoms with Gasteiger partial charge in [0, 0.05) is 11.0 Å². The van der Waals surface area contributed by atoms with Crippen molar-refractivity contribution >= 4 is 5.97 Å². The molecule has 0 aliphatic heterocycles. The molecule has 5 nitrogen and oxygen atoms in total. The molecule has 0 amide bonds. The number of nitrogens with zero attached hydrogens (tertiary/aromatic N) is 3. The van der Waals surface area contributed by atoms with Crippen molar-refractivity contribution in [1.82, 2.24) is 0 Å². The Morgan fingerprint density at radius 3 is 2.89 bits per heavy atom. The number of hydrogen-bond donors (Lipinski definition) is 0. The lowest BCUT2D eigenvalue weighted by Gasteiger charge is -2.09. The highest BCUT2D eigenvalue weighted by Crippen LogP contribution is 2.29. The number of benzene rings is 1. The molecule has 1 aromatic rings. The molecule has 0 spiro atoms. The summed E-state index contributed by atoms with van der Waals surface area (Å²) in [5, 5.41) is 3.65. The fourth-order valence-electron chi connectivity index (χ4n) is 2.20. The van der Waals surface area contributed by atoms with Crippen LogP contribution in [0, 0.1) is 5.92 Å². The van der Waals surface area contributed by atoms with Crippen molar-refractivity contribution in [3.63, 3.8) is 0 Å². The van der Waals surface area contributed by atoms with Crippen LogP contribution in [0.25, 0.3) is 10.4 Å². The van der Waals surface area contributed by atoms with Crippen LogP contribution in [0.3, 0.4) is 0 Å². The number of carbonyl (C=O) groups excluding carboxylic acids is 1. The molecule has 1 aliphatic carbocycles. The summed E-state index contributed by atoms with van der Waals surface area (Å²) in [6.07, 6.45) is 2.13. The molecule has 0 saturated heterocycles. The smallest absolute Gasteiger partial charge is 0.309 e. The number of azide groups is 1. The van der Waals surface area contributed by atoms with Gasteiger partial charge < -0.3 is 4.74 Å². The second-order valence-corrected chi connectivity index (χ2v) is 4.46. The largest absolute Gasteiger partial charge is 0.461 e. The molecule has 1 aliphatic rings. The van der Waals surface area contributed by atoms with Crippen molar-refractivity contribution < 1.29 is 9.53 Å². The summed E-state index contributed by atoms with van der Waals surface area (Å²) < 4.78 is 5.26. The van der Waals surface area contributed by atoms with Crippen molar-refractivity contribution in [3.05, 3.63) is 46.3 Å². The van der Waals surface area contributed by atoms with Crippen molar-refractivity contribution in [2.45, 2.75) is 31.9 Å². The molecule has 0 aromatic heterocycles. The van der Waals surface area contributed by atoms with Crippen LogP contribution in [0.4, 0.5) is 0 Å². The fraction of sp³-hybridized carbons (Fsp3) is 0.462. The summed E-state index contributed by atoms with van der Waals surface area (Å²) >= 11 is 0. The van der Waals surface area contributed by atoms with Gasteiger partial charge in [0.1, 0.15) is 6.61 Å². The topological polar surface area (TPSA) is 75.1 Å². The van der Waals surface area contributed by atoms with Crippen molar-refractivity contribution in [2.24, 2.45) is 11.0 Å². The monoisotopic (exact) mass is 245 g/mol. The molecule has 0 bridgehead atoms. The minimum atomic E-state index is -0.186. The first-order valence-electron chi connectivity index (χ1n) is 6.04. The van der Waals surface area contributed by atoms with Crippen LogP contribution in [-0.2, 0) is 16.1 Å². The molecule has 0 heterocycles. The lowest BCUT2D eigenvalue weighted by Crippen LogP contribution is -2.15. The Morgan fingerprint density at radius 1 is 1.39 bits per heavy atom. The number of ether oxygens (including phenoxy) is 1. The molecule has 0 radical (unpaired) electrons. The summed E-state index contributed by atoms with van der Waals surface area (Å²) in [7, 11) is 0. The van der Waals surface area contributed by atoms with E-state index >= 15 is 0 Å². The normalized spacial score (nSPS) is 22.2. The number of hydrogen-bond acceptors (Lipinski definition) is 3. The van der Waals surface area contributed by atoms with Crippen LogP contribution in [0.1, 0.15) is 24.8 Å². The average Bonchev–Trinajstić information content (AvgIpc) is 2.86. The molecule has 18 heavy (non-hydrogen) atoms. The molecule has 94 valence electrons. The maximum atomic E-state index is 11.8. The molecule has 5 heteroatoms. The van der Waals surface area contributed by atoms with Gasteiger partial charge in [-0.2, -0.15) is 0 Å². The van der Waals surface area contributed by atoms with Gasteiger partial charge in [-0.05, 0) is 30.4 Å². The summed E-state index contributed by atoms with van der Waals surface area (Å²) in [6, 6.07) is 9.54. The van der Waals surface area contributed by atoms with E-state index in [2.05, 4.69) is 10.0 Å². The third-order valence-corrected chi connectivity index (χ3v) is 3.18. The SMILES string of the molecule is [N-]=[N+]=N[C@@H]1CC[C@H](C(=O)OCc2ccccc2)C1. The van der Waals surface area contributed by atoms with Gasteiger partial charge in [-0.15, -0.1) is 0 Å². The Hall–Kier alpha value is -2.00. The lowest BCUT2D eigenvalue weighted by molar-refractivity contribution is -0.149. The number of carbonyl (C=O) groups is 1. The predicted octanol–water partition coefficient (Wildman–Crippen LogP) is 3.21. The van der Waals surface area contributed by atoms with E-state index in [9.17, 15) is 4.79 Å². The molecule has 1 fully saturated rings. The van der Waals surface area contributed by atoms with Crippen LogP contribution < -0.4 is 0 Å². The zero-order valence-electron chi connectivity index (χ0n) is 10.0. The minimum absolute atomic E-state index is 0.0516. The molecular formula is C13H15N3O2. The Labute approximate surface area is 105 Å².